The summed E-state index contributed by atoms with van der Waals surface area (Å²) in [7, 11) is 1.68. The summed E-state index contributed by atoms with van der Waals surface area (Å²) in [4.78, 5) is 16.5. The zero-order valence-electron chi connectivity index (χ0n) is 16.2. The van der Waals surface area contributed by atoms with Gasteiger partial charge in [0.2, 0.25) is 5.91 Å². The Morgan fingerprint density at radius 3 is 2.46 bits per heavy atom. The lowest BCUT2D eigenvalue weighted by Gasteiger charge is -2.34. The molecule has 28 heavy (non-hydrogen) atoms. The first-order chi connectivity index (χ1) is 13.4. The van der Waals surface area contributed by atoms with E-state index in [1.54, 1.807) is 7.11 Å². The molecular weight excluding hydrogens is 364 g/mol. The first-order valence-corrected chi connectivity index (χ1v) is 9.28. The summed E-state index contributed by atoms with van der Waals surface area (Å²) in [6.45, 7) is 6.18. The van der Waals surface area contributed by atoms with Gasteiger partial charge >= 0.3 is 0 Å². The van der Waals surface area contributed by atoms with E-state index < -0.39 is 11.6 Å². The molecule has 1 fully saturated rings. The molecule has 0 aliphatic carbocycles. The van der Waals surface area contributed by atoms with E-state index in [9.17, 15) is 13.6 Å². The van der Waals surface area contributed by atoms with Crippen LogP contribution in [0.4, 0.5) is 14.5 Å². The number of rotatable bonds is 6. The molecule has 0 radical (unpaired) electrons. The van der Waals surface area contributed by atoms with Crippen molar-refractivity contribution in [3.05, 3.63) is 59.2 Å². The van der Waals surface area contributed by atoms with Crippen molar-refractivity contribution in [1.29, 1.82) is 0 Å². The van der Waals surface area contributed by atoms with Gasteiger partial charge in [-0.3, -0.25) is 14.6 Å². The zero-order chi connectivity index (χ0) is 20.1. The van der Waals surface area contributed by atoms with E-state index in [0.29, 0.717) is 0 Å². The number of piperazine rings is 1. The van der Waals surface area contributed by atoms with Gasteiger partial charge in [0, 0.05) is 44.4 Å². The highest BCUT2D eigenvalue weighted by Gasteiger charge is 2.20. The summed E-state index contributed by atoms with van der Waals surface area (Å²) >= 11 is 0. The van der Waals surface area contributed by atoms with Crippen molar-refractivity contribution in [2.45, 2.75) is 13.5 Å². The van der Waals surface area contributed by atoms with Crippen LogP contribution in [0.15, 0.2) is 36.4 Å². The highest BCUT2D eigenvalue weighted by Crippen LogP contribution is 2.22. The van der Waals surface area contributed by atoms with Gasteiger partial charge in [-0.1, -0.05) is 17.7 Å². The highest BCUT2D eigenvalue weighted by atomic mass is 19.1. The molecule has 1 N–H and O–H groups in total. The normalized spacial score (nSPS) is 15.4. The minimum Gasteiger partial charge on any atom is -0.496 e. The zero-order valence-corrected chi connectivity index (χ0v) is 16.2. The number of nitrogens with zero attached hydrogens (tertiary/aromatic N) is 2. The number of halogens is 2. The van der Waals surface area contributed by atoms with E-state index in [4.69, 9.17) is 4.74 Å². The molecule has 2 aromatic rings. The first kappa shape index (κ1) is 20.2. The third-order valence-electron chi connectivity index (χ3n) is 4.87. The third-order valence-corrected chi connectivity index (χ3v) is 4.87. The van der Waals surface area contributed by atoms with Crippen molar-refractivity contribution in [2.24, 2.45) is 0 Å². The van der Waals surface area contributed by atoms with Crippen LogP contribution in [0.3, 0.4) is 0 Å². The number of carbonyl (C=O) groups is 1. The lowest BCUT2D eigenvalue weighted by atomic mass is 10.1. The third kappa shape index (κ3) is 5.27. The number of ether oxygens (including phenoxy) is 1. The molecule has 0 spiro atoms. The average molecular weight is 389 g/mol. The van der Waals surface area contributed by atoms with Crippen molar-refractivity contribution < 1.29 is 18.3 Å². The molecule has 0 saturated carbocycles. The summed E-state index contributed by atoms with van der Waals surface area (Å²) in [6, 6.07) is 9.26. The van der Waals surface area contributed by atoms with Crippen LogP contribution >= 0.6 is 0 Å². The van der Waals surface area contributed by atoms with E-state index in [1.165, 1.54) is 11.6 Å². The lowest BCUT2D eigenvalue weighted by molar-refractivity contribution is -0.117. The molecule has 1 heterocycles. The first-order valence-electron chi connectivity index (χ1n) is 9.28. The number of aryl methyl sites for hydroxylation is 1. The van der Waals surface area contributed by atoms with Crippen LogP contribution in [0.25, 0.3) is 0 Å². The summed E-state index contributed by atoms with van der Waals surface area (Å²) in [5.41, 5.74) is 2.34. The molecule has 0 unspecified atom stereocenters. The van der Waals surface area contributed by atoms with Crippen LogP contribution < -0.4 is 10.1 Å². The molecule has 0 aromatic heterocycles. The summed E-state index contributed by atoms with van der Waals surface area (Å²) in [6.07, 6.45) is 0. The molecular formula is C21H25F2N3O2. The Morgan fingerprint density at radius 1 is 1.07 bits per heavy atom. The Balaban J connectivity index is 1.49. The number of anilines is 1. The van der Waals surface area contributed by atoms with Crippen molar-refractivity contribution in [3.8, 4) is 5.75 Å². The molecule has 3 rings (SSSR count). The number of amides is 1. The Hall–Kier alpha value is -2.51. The molecule has 7 heteroatoms. The van der Waals surface area contributed by atoms with E-state index >= 15 is 0 Å². The summed E-state index contributed by atoms with van der Waals surface area (Å²) in [5, 5.41) is 2.50. The Labute approximate surface area is 163 Å². The molecule has 2 aromatic carbocycles. The minimum atomic E-state index is -0.773. The monoisotopic (exact) mass is 389 g/mol. The Morgan fingerprint density at radius 2 is 1.79 bits per heavy atom. The summed E-state index contributed by atoms with van der Waals surface area (Å²) in [5.74, 6) is -0.866. The maximum atomic E-state index is 13.7. The molecule has 0 bridgehead atoms. The molecule has 1 aliphatic heterocycles. The van der Waals surface area contributed by atoms with Gasteiger partial charge in [-0.25, -0.2) is 8.78 Å². The molecule has 1 amide bonds. The van der Waals surface area contributed by atoms with E-state index in [-0.39, 0.29) is 18.1 Å². The van der Waals surface area contributed by atoms with Gasteiger partial charge in [0.1, 0.15) is 17.4 Å². The van der Waals surface area contributed by atoms with Gasteiger partial charge in [-0.15, -0.1) is 0 Å². The van der Waals surface area contributed by atoms with Gasteiger partial charge in [0.15, 0.2) is 0 Å². The van der Waals surface area contributed by atoms with Crippen LogP contribution in [-0.4, -0.2) is 55.5 Å². The van der Waals surface area contributed by atoms with E-state index in [1.807, 2.05) is 17.0 Å². The van der Waals surface area contributed by atoms with Crippen LogP contribution in [0.1, 0.15) is 11.1 Å². The molecule has 1 saturated heterocycles. The fraction of sp³-hybridized carbons (Fsp3) is 0.381. The van der Waals surface area contributed by atoms with Crippen LogP contribution in [-0.2, 0) is 11.3 Å². The fourth-order valence-corrected chi connectivity index (χ4v) is 3.36. The van der Waals surface area contributed by atoms with Crippen molar-refractivity contribution in [3.63, 3.8) is 0 Å². The standard InChI is InChI=1S/C21H25F2N3O2/c1-15-3-6-20(28-2)16(11-15)13-25-7-9-26(10-8-25)14-21(27)24-19-5-4-17(22)12-18(19)23/h3-6,11-12H,7-10,13-14H2,1-2H3,(H,24,27). The molecule has 1 aliphatic rings. The maximum absolute atomic E-state index is 13.7. The topological polar surface area (TPSA) is 44.8 Å². The van der Waals surface area contributed by atoms with Gasteiger partial charge in [0.25, 0.3) is 0 Å². The molecule has 150 valence electrons. The predicted octanol–water partition coefficient (Wildman–Crippen LogP) is 3.04. The van der Waals surface area contributed by atoms with Crippen molar-refractivity contribution in [1.82, 2.24) is 9.80 Å². The van der Waals surface area contributed by atoms with Gasteiger partial charge < -0.3 is 10.1 Å². The van der Waals surface area contributed by atoms with Crippen LogP contribution in [0.5, 0.6) is 5.75 Å². The van der Waals surface area contributed by atoms with E-state index in [0.717, 1.165) is 56.2 Å². The predicted molar refractivity (Wildman–Crippen MR) is 104 cm³/mol. The van der Waals surface area contributed by atoms with Crippen molar-refractivity contribution >= 4 is 11.6 Å². The number of carbonyl (C=O) groups excluding carboxylic acids is 1. The van der Waals surface area contributed by atoms with Crippen molar-refractivity contribution in [2.75, 3.05) is 45.2 Å². The van der Waals surface area contributed by atoms with Gasteiger partial charge in [0.05, 0.1) is 19.3 Å². The second-order valence-electron chi connectivity index (χ2n) is 7.04. The number of methoxy groups -OCH3 is 1. The molecule has 5 nitrogen and oxygen atoms in total. The van der Waals surface area contributed by atoms with Gasteiger partial charge in [-0.05, 0) is 25.1 Å². The fourth-order valence-electron chi connectivity index (χ4n) is 3.36. The maximum Gasteiger partial charge on any atom is 0.238 e. The number of hydrogen-bond donors (Lipinski definition) is 1. The van der Waals surface area contributed by atoms with Crippen LogP contribution in [0.2, 0.25) is 0 Å². The second kappa shape index (κ2) is 9.12. The Bertz CT molecular complexity index is 836. The largest absolute Gasteiger partial charge is 0.496 e. The highest BCUT2D eigenvalue weighted by molar-refractivity contribution is 5.92. The second-order valence-corrected chi connectivity index (χ2v) is 7.04. The van der Waals surface area contributed by atoms with E-state index in [2.05, 4.69) is 23.2 Å². The number of benzene rings is 2. The average Bonchev–Trinajstić information content (AvgIpc) is 2.66. The van der Waals surface area contributed by atoms with Gasteiger partial charge in [-0.2, -0.15) is 0 Å². The SMILES string of the molecule is COc1ccc(C)cc1CN1CCN(CC(=O)Nc2ccc(F)cc2F)CC1. The Kier molecular flexibility index (Phi) is 6.59. The van der Waals surface area contributed by atoms with Crippen LogP contribution in [0, 0.1) is 18.6 Å². The number of nitrogens with one attached hydrogen (secondary N) is 1. The summed E-state index contributed by atoms with van der Waals surface area (Å²) < 4.78 is 32.0. The smallest absolute Gasteiger partial charge is 0.238 e. The lowest BCUT2D eigenvalue weighted by Crippen LogP contribution is -2.48. The molecule has 0 atom stereocenters. The number of hydrogen-bond acceptors (Lipinski definition) is 4. The quantitative estimate of drug-likeness (QED) is 0.825. The minimum absolute atomic E-state index is 0.00317.